The minimum Gasteiger partial charge on any atom is -0.478 e. The van der Waals surface area contributed by atoms with Crippen LogP contribution in [-0.2, 0) is 0 Å². The molecule has 0 spiro atoms. The number of rotatable bonds is 4. The summed E-state index contributed by atoms with van der Waals surface area (Å²) in [6.45, 7) is 4.65. The summed E-state index contributed by atoms with van der Waals surface area (Å²) < 4.78 is 0. The van der Waals surface area contributed by atoms with Gasteiger partial charge in [-0.1, -0.05) is 13.0 Å². The van der Waals surface area contributed by atoms with E-state index in [1.165, 1.54) is 12.1 Å². The molecule has 2 unspecified atom stereocenters. The molecule has 3 N–H and O–H groups in total. The fourth-order valence-corrected chi connectivity index (χ4v) is 1.96. The third kappa shape index (κ3) is 3.47. The van der Waals surface area contributed by atoms with Gasteiger partial charge >= 0.3 is 12.0 Å². The van der Waals surface area contributed by atoms with E-state index in [1.54, 1.807) is 6.07 Å². The predicted octanol–water partition coefficient (Wildman–Crippen LogP) is 2.47. The molecular formula is C14H18N2O3. The van der Waals surface area contributed by atoms with Crippen LogP contribution < -0.4 is 10.6 Å². The zero-order valence-electron chi connectivity index (χ0n) is 11.1. The summed E-state index contributed by atoms with van der Waals surface area (Å²) in [5.74, 6) is 0.268. The lowest BCUT2D eigenvalue weighted by atomic mass is 10.1. The van der Waals surface area contributed by atoms with Gasteiger partial charge in [-0.3, -0.25) is 0 Å². The van der Waals surface area contributed by atoms with Gasteiger partial charge in [0, 0.05) is 12.2 Å². The van der Waals surface area contributed by atoms with Crippen LogP contribution in [0.3, 0.4) is 0 Å². The summed E-state index contributed by atoms with van der Waals surface area (Å²) in [6.07, 6.45) is 1.16. The number of carboxylic acids is 1. The van der Waals surface area contributed by atoms with Crippen LogP contribution in [0.2, 0.25) is 0 Å². The average molecular weight is 262 g/mol. The molecular weight excluding hydrogens is 244 g/mol. The van der Waals surface area contributed by atoms with E-state index in [-0.39, 0.29) is 11.6 Å². The normalized spacial score (nSPS) is 20.7. The zero-order chi connectivity index (χ0) is 14.0. The number of carbonyl (C=O) groups excluding carboxylic acids is 1. The number of benzene rings is 1. The quantitative estimate of drug-likeness (QED) is 0.780. The van der Waals surface area contributed by atoms with E-state index in [4.69, 9.17) is 5.11 Å². The van der Waals surface area contributed by atoms with E-state index in [9.17, 15) is 9.59 Å². The number of carbonyl (C=O) groups is 2. The van der Waals surface area contributed by atoms with E-state index in [0.29, 0.717) is 24.1 Å². The van der Waals surface area contributed by atoms with Crippen LogP contribution in [0, 0.1) is 18.8 Å². The van der Waals surface area contributed by atoms with Crippen LogP contribution in [0.5, 0.6) is 0 Å². The van der Waals surface area contributed by atoms with Crippen molar-refractivity contribution in [3.8, 4) is 0 Å². The van der Waals surface area contributed by atoms with Crippen LogP contribution in [0.25, 0.3) is 0 Å². The van der Waals surface area contributed by atoms with Crippen molar-refractivity contribution in [2.75, 3.05) is 11.9 Å². The number of aryl methyl sites for hydroxylation is 1. The first-order chi connectivity index (χ1) is 8.97. The molecule has 0 aliphatic heterocycles. The third-order valence-corrected chi connectivity index (χ3v) is 3.53. The monoisotopic (exact) mass is 262 g/mol. The summed E-state index contributed by atoms with van der Waals surface area (Å²) in [4.78, 5) is 22.6. The van der Waals surface area contributed by atoms with Crippen LogP contribution >= 0.6 is 0 Å². The fourth-order valence-electron chi connectivity index (χ4n) is 1.96. The molecule has 1 aliphatic rings. The maximum Gasteiger partial charge on any atom is 0.335 e. The van der Waals surface area contributed by atoms with Gasteiger partial charge in [0.15, 0.2) is 0 Å². The standard InChI is InChI=1S/C14H18N2O3/c1-8-3-4-10(13(17)18)6-12(8)16-14(19)15-7-11-5-9(11)2/h3-4,6,9,11H,5,7H2,1-2H3,(H,17,18)(H2,15,16,19). The number of aromatic carboxylic acids is 1. The maximum atomic E-state index is 11.7. The zero-order valence-corrected chi connectivity index (χ0v) is 11.1. The first kappa shape index (κ1) is 13.4. The number of hydrogen-bond donors (Lipinski definition) is 3. The minimum atomic E-state index is -1.00. The van der Waals surface area contributed by atoms with E-state index < -0.39 is 5.97 Å². The highest BCUT2D eigenvalue weighted by molar-refractivity contribution is 5.93. The Morgan fingerprint density at radius 2 is 2.11 bits per heavy atom. The van der Waals surface area contributed by atoms with Crippen LogP contribution in [-0.4, -0.2) is 23.7 Å². The van der Waals surface area contributed by atoms with Crippen molar-refractivity contribution in [3.05, 3.63) is 29.3 Å². The van der Waals surface area contributed by atoms with Gasteiger partial charge in [0.05, 0.1) is 5.56 Å². The Bertz CT molecular complexity index is 513. The van der Waals surface area contributed by atoms with E-state index in [0.717, 1.165) is 12.0 Å². The lowest BCUT2D eigenvalue weighted by Gasteiger charge is -2.10. The molecule has 0 aromatic heterocycles. The maximum absolute atomic E-state index is 11.7. The summed E-state index contributed by atoms with van der Waals surface area (Å²) in [6, 6.07) is 4.38. The van der Waals surface area contributed by atoms with Gasteiger partial charge < -0.3 is 15.7 Å². The molecule has 1 aromatic carbocycles. The molecule has 2 rings (SSSR count). The smallest absolute Gasteiger partial charge is 0.335 e. The average Bonchev–Trinajstić information content (AvgIpc) is 3.05. The number of nitrogens with one attached hydrogen (secondary N) is 2. The van der Waals surface area contributed by atoms with Crippen molar-refractivity contribution in [2.45, 2.75) is 20.3 Å². The molecule has 0 radical (unpaired) electrons. The van der Waals surface area contributed by atoms with Gasteiger partial charge in [-0.25, -0.2) is 9.59 Å². The van der Waals surface area contributed by atoms with E-state index >= 15 is 0 Å². The molecule has 1 aliphatic carbocycles. The topological polar surface area (TPSA) is 78.4 Å². The third-order valence-electron chi connectivity index (χ3n) is 3.53. The van der Waals surface area contributed by atoms with Crippen molar-refractivity contribution in [3.63, 3.8) is 0 Å². The highest BCUT2D eigenvalue weighted by Crippen LogP contribution is 2.36. The largest absolute Gasteiger partial charge is 0.478 e. The Hall–Kier alpha value is -2.04. The summed E-state index contributed by atoms with van der Waals surface area (Å²) in [5, 5.41) is 14.4. The van der Waals surface area contributed by atoms with Crippen molar-refractivity contribution in [2.24, 2.45) is 11.8 Å². The van der Waals surface area contributed by atoms with Crippen molar-refractivity contribution < 1.29 is 14.7 Å². The van der Waals surface area contributed by atoms with Crippen molar-refractivity contribution in [1.29, 1.82) is 0 Å². The SMILES string of the molecule is Cc1ccc(C(=O)O)cc1NC(=O)NCC1CC1C. The fraction of sp³-hybridized carbons (Fsp3) is 0.429. The Morgan fingerprint density at radius 3 is 2.68 bits per heavy atom. The molecule has 19 heavy (non-hydrogen) atoms. The van der Waals surface area contributed by atoms with Gasteiger partial charge in [0.25, 0.3) is 0 Å². The van der Waals surface area contributed by atoms with E-state index in [1.807, 2.05) is 6.92 Å². The minimum absolute atomic E-state index is 0.164. The molecule has 0 bridgehead atoms. The number of amides is 2. The lowest BCUT2D eigenvalue weighted by molar-refractivity contribution is 0.0697. The molecule has 1 fully saturated rings. The summed E-state index contributed by atoms with van der Waals surface area (Å²) >= 11 is 0. The van der Waals surface area contributed by atoms with E-state index in [2.05, 4.69) is 17.6 Å². The summed E-state index contributed by atoms with van der Waals surface area (Å²) in [7, 11) is 0. The highest BCUT2D eigenvalue weighted by Gasteiger charge is 2.32. The molecule has 102 valence electrons. The second kappa shape index (κ2) is 5.30. The van der Waals surface area contributed by atoms with Crippen LogP contribution in [0.15, 0.2) is 18.2 Å². The van der Waals surface area contributed by atoms with Gasteiger partial charge in [0.1, 0.15) is 0 Å². The highest BCUT2D eigenvalue weighted by atomic mass is 16.4. The molecule has 0 saturated heterocycles. The molecule has 0 heterocycles. The number of urea groups is 1. The second-order valence-electron chi connectivity index (χ2n) is 5.14. The predicted molar refractivity (Wildman–Crippen MR) is 72.4 cm³/mol. The molecule has 1 saturated carbocycles. The van der Waals surface area contributed by atoms with Gasteiger partial charge in [0.2, 0.25) is 0 Å². The van der Waals surface area contributed by atoms with Crippen molar-refractivity contribution >= 4 is 17.7 Å². The number of carboxylic acid groups (broad SMARTS) is 1. The first-order valence-electron chi connectivity index (χ1n) is 6.36. The first-order valence-corrected chi connectivity index (χ1v) is 6.36. The van der Waals surface area contributed by atoms with Crippen LogP contribution in [0.4, 0.5) is 10.5 Å². The molecule has 2 amide bonds. The Balaban J connectivity index is 1.95. The summed E-state index contributed by atoms with van der Waals surface area (Å²) in [5.41, 5.74) is 1.53. The Labute approximate surface area is 112 Å². The Morgan fingerprint density at radius 1 is 1.42 bits per heavy atom. The molecule has 1 aromatic rings. The Kier molecular flexibility index (Phi) is 3.74. The second-order valence-corrected chi connectivity index (χ2v) is 5.14. The van der Waals surface area contributed by atoms with Gasteiger partial charge in [-0.05, 0) is 42.9 Å². The molecule has 5 heteroatoms. The lowest BCUT2D eigenvalue weighted by Crippen LogP contribution is -2.31. The number of hydrogen-bond acceptors (Lipinski definition) is 2. The van der Waals surface area contributed by atoms with Gasteiger partial charge in [-0.15, -0.1) is 0 Å². The molecule has 5 nitrogen and oxygen atoms in total. The van der Waals surface area contributed by atoms with Crippen LogP contribution in [0.1, 0.15) is 29.3 Å². The number of anilines is 1. The molecule has 2 atom stereocenters. The van der Waals surface area contributed by atoms with Crippen molar-refractivity contribution in [1.82, 2.24) is 5.32 Å². The van der Waals surface area contributed by atoms with Gasteiger partial charge in [-0.2, -0.15) is 0 Å².